The third-order valence-corrected chi connectivity index (χ3v) is 5.30. The monoisotopic (exact) mass is 371 g/mol. The first-order valence-electron chi connectivity index (χ1n) is 11.7. The molecule has 0 aliphatic heterocycles. The van der Waals surface area contributed by atoms with Gasteiger partial charge < -0.3 is 15.6 Å². The van der Waals surface area contributed by atoms with Crippen molar-refractivity contribution >= 4 is 0 Å². The van der Waals surface area contributed by atoms with Crippen LogP contribution in [0.4, 0.5) is 0 Å². The lowest BCUT2D eigenvalue weighted by molar-refractivity contribution is 0.0561. The van der Waals surface area contributed by atoms with Crippen molar-refractivity contribution in [3.8, 4) is 0 Å². The Morgan fingerprint density at radius 2 is 1.08 bits per heavy atom. The van der Waals surface area contributed by atoms with E-state index in [-0.39, 0.29) is 6.04 Å². The molecule has 0 heterocycles. The largest absolute Gasteiger partial charge is 0.391 e. The van der Waals surface area contributed by atoms with Crippen molar-refractivity contribution in [2.24, 2.45) is 5.73 Å². The summed E-state index contributed by atoms with van der Waals surface area (Å²) in [6.45, 7) is 5.72. The van der Waals surface area contributed by atoms with Gasteiger partial charge in [0, 0.05) is 6.61 Å². The SMILES string of the molecule is CCCCCCCCCCCCCCCC(O)C(N)COCCCCC. The second-order valence-corrected chi connectivity index (χ2v) is 8.04. The molecular formula is C23H49NO2. The van der Waals surface area contributed by atoms with E-state index in [0.29, 0.717) is 6.61 Å². The summed E-state index contributed by atoms with van der Waals surface area (Å²) in [7, 11) is 0. The Morgan fingerprint density at radius 1 is 0.654 bits per heavy atom. The van der Waals surface area contributed by atoms with Crippen LogP contribution in [-0.4, -0.2) is 30.5 Å². The molecule has 0 aliphatic rings. The van der Waals surface area contributed by atoms with Gasteiger partial charge in [-0.2, -0.15) is 0 Å². The number of aliphatic hydroxyl groups is 1. The maximum absolute atomic E-state index is 10.1. The summed E-state index contributed by atoms with van der Waals surface area (Å²) in [4.78, 5) is 0. The van der Waals surface area contributed by atoms with Gasteiger partial charge in [-0.15, -0.1) is 0 Å². The van der Waals surface area contributed by atoms with Crippen LogP contribution in [0.3, 0.4) is 0 Å². The summed E-state index contributed by atoms with van der Waals surface area (Å²) in [6, 6.07) is -0.228. The molecule has 0 saturated carbocycles. The minimum atomic E-state index is -0.408. The van der Waals surface area contributed by atoms with Crippen LogP contribution >= 0.6 is 0 Å². The van der Waals surface area contributed by atoms with Gasteiger partial charge in [0.25, 0.3) is 0 Å². The Kier molecular flexibility index (Phi) is 21.1. The molecule has 26 heavy (non-hydrogen) atoms. The molecule has 3 nitrogen and oxygen atoms in total. The highest BCUT2D eigenvalue weighted by atomic mass is 16.5. The van der Waals surface area contributed by atoms with E-state index in [2.05, 4.69) is 13.8 Å². The molecule has 0 radical (unpaired) electrons. The van der Waals surface area contributed by atoms with Gasteiger partial charge in [-0.1, -0.05) is 110 Å². The quantitative estimate of drug-likeness (QED) is 0.231. The number of rotatable bonds is 21. The van der Waals surface area contributed by atoms with Gasteiger partial charge in [-0.25, -0.2) is 0 Å². The van der Waals surface area contributed by atoms with E-state index >= 15 is 0 Å². The molecule has 0 fully saturated rings. The minimum absolute atomic E-state index is 0.228. The highest BCUT2D eigenvalue weighted by Gasteiger charge is 2.14. The minimum Gasteiger partial charge on any atom is -0.391 e. The van der Waals surface area contributed by atoms with E-state index in [9.17, 15) is 5.11 Å². The maximum Gasteiger partial charge on any atom is 0.0713 e. The second-order valence-electron chi connectivity index (χ2n) is 8.04. The summed E-state index contributed by atoms with van der Waals surface area (Å²) in [5.41, 5.74) is 6.00. The molecule has 3 heteroatoms. The molecule has 2 unspecified atom stereocenters. The summed E-state index contributed by atoms with van der Waals surface area (Å²) in [6.07, 6.45) is 21.5. The zero-order chi connectivity index (χ0) is 19.3. The van der Waals surface area contributed by atoms with Crippen molar-refractivity contribution in [1.29, 1.82) is 0 Å². The van der Waals surface area contributed by atoms with Crippen molar-refractivity contribution in [2.45, 2.75) is 135 Å². The lowest BCUT2D eigenvalue weighted by atomic mass is 10.0. The van der Waals surface area contributed by atoms with E-state index < -0.39 is 6.10 Å². The Hall–Kier alpha value is -0.120. The molecule has 0 aliphatic carbocycles. The van der Waals surface area contributed by atoms with E-state index in [1.165, 1.54) is 89.9 Å². The fourth-order valence-corrected chi connectivity index (χ4v) is 3.37. The van der Waals surface area contributed by atoms with Gasteiger partial charge >= 0.3 is 0 Å². The van der Waals surface area contributed by atoms with Crippen LogP contribution in [0.25, 0.3) is 0 Å². The van der Waals surface area contributed by atoms with Gasteiger partial charge in [0.1, 0.15) is 0 Å². The molecule has 0 aromatic heterocycles. The van der Waals surface area contributed by atoms with Crippen molar-refractivity contribution in [3.63, 3.8) is 0 Å². The van der Waals surface area contributed by atoms with Gasteiger partial charge in [0.2, 0.25) is 0 Å². The number of hydrogen-bond acceptors (Lipinski definition) is 3. The average Bonchev–Trinajstić information content (AvgIpc) is 2.65. The van der Waals surface area contributed by atoms with E-state index in [1.54, 1.807) is 0 Å². The van der Waals surface area contributed by atoms with Crippen LogP contribution in [-0.2, 0) is 4.74 Å². The molecular weight excluding hydrogens is 322 g/mol. The number of nitrogens with two attached hydrogens (primary N) is 1. The lowest BCUT2D eigenvalue weighted by Crippen LogP contribution is -2.38. The van der Waals surface area contributed by atoms with Gasteiger partial charge in [-0.3, -0.25) is 0 Å². The van der Waals surface area contributed by atoms with Crippen LogP contribution in [0, 0.1) is 0 Å². The Labute approximate surface area is 164 Å². The number of hydrogen-bond donors (Lipinski definition) is 2. The van der Waals surface area contributed by atoms with Gasteiger partial charge in [0.05, 0.1) is 18.8 Å². The molecule has 0 rings (SSSR count). The van der Waals surface area contributed by atoms with Gasteiger partial charge in [0.15, 0.2) is 0 Å². The second kappa shape index (κ2) is 21.2. The van der Waals surface area contributed by atoms with Crippen LogP contribution in [0.1, 0.15) is 123 Å². The number of aliphatic hydroxyl groups excluding tert-OH is 1. The Bertz CT molecular complexity index is 261. The molecule has 0 spiro atoms. The Balaban J connectivity index is 3.25. The summed E-state index contributed by atoms with van der Waals surface area (Å²) in [5.74, 6) is 0. The summed E-state index contributed by atoms with van der Waals surface area (Å²) < 4.78 is 5.55. The maximum atomic E-state index is 10.1. The fourth-order valence-electron chi connectivity index (χ4n) is 3.37. The molecule has 0 saturated heterocycles. The molecule has 3 N–H and O–H groups in total. The van der Waals surface area contributed by atoms with Crippen LogP contribution < -0.4 is 5.73 Å². The molecule has 0 aromatic carbocycles. The van der Waals surface area contributed by atoms with Crippen LogP contribution in [0.15, 0.2) is 0 Å². The molecule has 2 atom stereocenters. The van der Waals surface area contributed by atoms with Crippen molar-refractivity contribution in [3.05, 3.63) is 0 Å². The van der Waals surface area contributed by atoms with E-state index in [0.717, 1.165) is 25.9 Å². The molecule has 158 valence electrons. The fraction of sp³-hybridized carbons (Fsp3) is 1.00. The van der Waals surface area contributed by atoms with Crippen LogP contribution in [0.2, 0.25) is 0 Å². The lowest BCUT2D eigenvalue weighted by Gasteiger charge is -2.18. The average molecular weight is 372 g/mol. The summed E-state index contributed by atoms with van der Waals surface area (Å²) >= 11 is 0. The van der Waals surface area contributed by atoms with E-state index in [1.807, 2.05) is 0 Å². The topological polar surface area (TPSA) is 55.5 Å². The van der Waals surface area contributed by atoms with Crippen molar-refractivity contribution < 1.29 is 9.84 Å². The first-order valence-corrected chi connectivity index (χ1v) is 11.7. The van der Waals surface area contributed by atoms with Gasteiger partial charge in [-0.05, 0) is 12.8 Å². The van der Waals surface area contributed by atoms with Crippen molar-refractivity contribution in [1.82, 2.24) is 0 Å². The predicted molar refractivity (Wildman–Crippen MR) is 115 cm³/mol. The molecule has 0 amide bonds. The zero-order valence-corrected chi connectivity index (χ0v) is 18.0. The van der Waals surface area contributed by atoms with E-state index in [4.69, 9.17) is 10.5 Å². The first-order chi connectivity index (χ1) is 12.7. The highest BCUT2D eigenvalue weighted by molar-refractivity contribution is 4.71. The first kappa shape index (κ1) is 25.9. The predicted octanol–water partition coefficient (Wildman–Crippen LogP) is 6.36. The number of unbranched alkanes of at least 4 members (excludes halogenated alkanes) is 14. The molecule has 0 aromatic rings. The smallest absolute Gasteiger partial charge is 0.0713 e. The Morgan fingerprint density at radius 3 is 1.58 bits per heavy atom. The molecule has 0 bridgehead atoms. The summed E-state index contributed by atoms with van der Waals surface area (Å²) in [5, 5.41) is 10.1. The van der Waals surface area contributed by atoms with Crippen LogP contribution in [0.5, 0.6) is 0 Å². The standard InChI is InChI=1S/C23H49NO2/c1-3-5-7-8-9-10-11-12-13-14-15-16-17-19-23(25)22(24)21-26-20-18-6-4-2/h22-23,25H,3-21,24H2,1-2H3. The third kappa shape index (κ3) is 18.7. The highest BCUT2D eigenvalue weighted by Crippen LogP contribution is 2.14. The number of ether oxygens (including phenoxy) is 1. The van der Waals surface area contributed by atoms with Crippen molar-refractivity contribution in [2.75, 3.05) is 13.2 Å². The zero-order valence-electron chi connectivity index (χ0n) is 18.0. The third-order valence-electron chi connectivity index (χ3n) is 5.30. The normalized spacial score (nSPS) is 13.8.